The average molecular weight is 389 g/mol. The summed E-state index contributed by atoms with van der Waals surface area (Å²) in [5.41, 5.74) is 1.48. The van der Waals surface area contributed by atoms with Crippen LogP contribution in [0.5, 0.6) is 0 Å². The zero-order chi connectivity index (χ0) is 15.8. The molecule has 0 spiro atoms. The highest BCUT2D eigenvalue weighted by atomic mass is 79.9. The summed E-state index contributed by atoms with van der Waals surface area (Å²) in [5, 5.41) is 4.34. The summed E-state index contributed by atoms with van der Waals surface area (Å²) < 4.78 is 0.850. The van der Waals surface area contributed by atoms with Crippen LogP contribution in [0.3, 0.4) is 0 Å². The van der Waals surface area contributed by atoms with E-state index in [2.05, 4.69) is 31.2 Å². The van der Waals surface area contributed by atoms with Crippen molar-refractivity contribution in [1.82, 2.24) is 9.97 Å². The van der Waals surface area contributed by atoms with E-state index in [0.717, 1.165) is 15.7 Å². The molecular weight excluding hydrogens is 373 g/mol. The van der Waals surface area contributed by atoms with E-state index in [1.165, 1.54) is 0 Å². The van der Waals surface area contributed by atoms with E-state index in [-0.39, 0.29) is 5.41 Å². The van der Waals surface area contributed by atoms with Crippen LogP contribution in [0, 0.1) is 6.92 Å². The molecule has 0 aliphatic carbocycles. The molecule has 1 aromatic carbocycles. The first-order valence-corrected chi connectivity index (χ1v) is 8.00. The molecule has 0 atom stereocenters. The van der Waals surface area contributed by atoms with Gasteiger partial charge in [-0.05, 0) is 41.1 Å². The van der Waals surface area contributed by atoms with Crippen LogP contribution in [-0.4, -0.2) is 9.97 Å². The predicted octanol–water partition coefficient (Wildman–Crippen LogP) is 5.90. The maximum absolute atomic E-state index is 6.22. The SMILES string of the molecule is Cc1c(Cl)nc(C(C)(C)C)nc1Nc1ccc(Br)c(Cl)c1. The molecular formula is C15H16BrCl2N3. The van der Waals surface area contributed by atoms with E-state index in [1.54, 1.807) is 0 Å². The molecule has 112 valence electrons. The number of nitrogens with one attached hydrogen (secondary N) is 1. The average Bonchev–Trinajstić information content (AvgIpc) is 2.38. The fourth-order valence-electron chi connectivity index (χ4n) is 1.66. The molecule has 0 amide bonds. The van der Waals surface area contributed by atoms with Gasteiger partial charge in [-0.2, -0.15) is 0 Å². The molecule has 1 heterocycles. The second-order valence-corrected chi connectivity index (χ2v) is 7.44. The van der Waals surface area contributed by atoms with Crippen LogP contribution in [0.1, 0.15) is 32.2 Å². The molecule has 2 rings (SSSR count). The normalized spacial score (nSPS) is 11.6. The van der Waals surface area contributed by atoms with E-state index >= 15 is 0 Å². The molecule has 6 heteroatoms. The first-order valence-electron chi connectivity index (χ1n) is 6.45. The summed E-state index contributed by atoms with van der Waals surface area (Å²) >= 11 is 15.7. The van der Waals surface area contributed by atoms with E-state index in [1.807, 2.05) is 45.9 Å². The van der Waals surface area contributed by atoms with Crippen molar-refractivity contribution in [2.24, 2.45) is 0 Å². The molecule has 1 N–H and O–H groups in total. The van der Waals surface area contributed by atoms with Crippen LogP contribution in [0.15, 0.2) is 22.7 Å². The Bertz CT molecular complexity index is 681. The predicted molar refractivity (Wildman–Crippen MR) is 92.9 cm³/mol. The molecule has 0 fully saturated rings. The number of hydrogen-bond acceptors (Lipinski definition) is 3. The Kier molecular flexibility index (Phi) is 4.81. The fourth-order valence-corrected chi connectivity index (χ4v) is 2.25. The van der Waals surface area contributed by atoms with Gasteiger partial charge in [0.15, 0.2) is 0 Å². The number of halogens is 3. The third kappa shape index (κ3) is 3.87. The van der Waals surface area contributed by atoms with E-state index in [9.17, 15) is 0 Å². The topological polar surface area (TPSA) is 37.8 Å². The van der Waals surface area contributed by atoms with Crippen molar-refractivity contribution in [3.8, 4) is 0 Å². The maximum Gasteiger partial charge on any atom is 0.138 e. The molecule has 0 unspecified atom stereocenters. The van der Waals surface area contributed by atoms with Crippen molar-refractivity contribution in [3.05, 3.63) is 44.2 Å². The highest BCUT2D eigenvalue weighted by molar-refractivity contribution is 9.10. The Morgan fingerprint density at radius 3 is 2.38 bits per heavy atom. The van der Waals surface area contributed by atoms with Crippen molar-refractivity contribution >= 4 is 50.6 Å². The van der Waals surface area contributed by atoms with Gasteiger partial charge < -0.3 is 5.32 Å². The van der Waals surface area contributed by atoms with Crippen molar-refractivity contribution in [3.63, 3.8) is 0 Å². The van der Waals surface area contributed by atoms with Crippen LogP contribution < -0.4 is 5.32 Å². The van der Waals surface area contributed by atoms with Gasteiger partial charge in [-0.15, -0.1) is 0 Å². The first kappa shape index (κ1) is 16.5. The third-order valence-electron chi connectivity index (χ3n) is 2.94. The number of benzene rings is 1. The second kappa shape index (κ2) is 6.11. The first-order chi connectivity index (χ1) is 9.68. The maximum atomic E-state index is 6.22. The van der Waals surface area contributed by atoms with Crippen molar-refractivity contribution < 1.29 is 0 Å². The minimum atomic E-state index is -0.175. The lowest BCUT2D eigenvalue weighted by Crippen LogP contribution is -2.17. The second-order valence-electron chi connectivity index (χ2n) is 5.82. The van der Waals surface area contributed by atoms with E-state index in [0.29, 0.717) is 21.8 Å². The minimum Gasteiger partial charge on any atom is -0.340 e. The zero-order valence-corrected chi connectivity index (χ0v) is 15.4. The molecule has 0 bridgehead atoms. The summed E-state index contributed by atoms with van der Waals surface area (Å²) in [6.45, 7) is 8.04. The molecule has 0 aliphatic heterocycles. The molecule has 2 aromatic rings. The quantitative estimate of drug-likeness (QED) is 0.651. The van der Waals surface area contributed by atoms with Crippen molar-refractivity contribution in [1.29, 1.82) is 0 Å². The number of nitrogens with zero attached hydrogens (tertiary/aromatic N) is 2. The van der Waals surface area contributed by atoms with Crippen LogP contribution >= 0.6 is 39.1 Å². The Labute approximate surface area is 143 Å². The van der Waals surface area contributed by atoms with Gasteiger partial charge in [0.25, 0.3) is 0 Å². The monoisotopic (exact) mass is 387 g/mol. The Morgan fingerprint density at radius 1 is 1.14 bits per heavy atom. The molecule has 0 aliphatic rings. The van der Waals surface area contributed by atoms with Gasteiger partial charge in [0.1, 0.15) is 16.8 Å². The molecule has 3 nitrogen and oxygen atoms in total. The Hall–Kier alpha value is -0.840. The van der Waals surface area contributed by atoms with E-state index < -0.39 is 0 Å². The highest BCUT2D eigenvalue weighted by Crippen LogP contribution is 2.30. The van der Waals surface area contributed by atoms with Crippen LogP contribution in [0.25, 0.3) is 0 Å². The fraction of sp³-hybridized carbons (Fsp3) is 0.333. The minimum absolute atomic E-state index is 0.175. The number of aromatic nitrogens is 2. The van der Waals surface area contributed by atoms with Crippen molar-refractivity contribution in [2.45, 2.75) is 33.1 Å². The van der Waals surface area contributed by atoms with E-state index in [4.69, 9.17) is 23.2 Å². The van der Waals surface area contributed by atoms with Gasteiger partial charge in [0.2, 0.25) is 0 Å². The number of hydrogen-bond donors (Lipinski definition) is 1. The summed E-state index contributed by atoms with van der Waals surface area (Å²) in [5.74, 6) is 1.39. The lowest BCUT2D eigenvalue weighted by molar-refractivity contribution is 0.545. The largest absolute Gasteiger partial charge is 0.340 e. The summed E-state index contributed by atoms with van der Waals surface area (Å²) in [6.07, 6.45) is 0. The molecule has 0 saturated carbocycles. The molecule has 1 aromatic heterocycles. The molecule has 21 heavy (non-hydrogen) atoms. The summed E-state index contributed by atoms with van der Waals surface area (Å²) in [4.78, 5) is 8.95. The zero-order valence-electron chi connectivity index (χ0n) is 12.3. The number of rotatable bonds is 2. The van der Waals surface area contributed by atoms with Gasteiger partial charge in [0, 0.05) is 21.1 Å². The number of anilines is 2. The van der Waals surface area contributed by atoms with Gasteiger partial charge in [-0.25, -0.2) is 9.97 Å². The third-order valence-corrected chi connectivity index (χ3v) is 4.54. The van der Waals surface area contributed by atoms with Crippen LogP contribution in [0.4, 0.5) is 11.5 Å². The smallest absolute Gasteiger partial charge is 0.138 e. The standard InChI is InChI=1S/C15H16BrCl2N3/c1-8-12(18)20-14(15(2,3)4)21-13(8)19-9-5-6-10(16)11(17)7-9/h5-7H,1-4H3,(H,19,20,21). The van der Waals surface area contributed by atoms with Gasteiger partial charge in [0.05, 0.1) is 5.02 Å². The lowest BCUT2D eigenvalue weighted by atomic mass is 9.95. The highest BCUT2D eigenvalue weighted by Gasteiger charge is 2.20. The summed E-state index contributed by atoms with van der Waals surface area (Å²) in [7, 11) is 0. The van der Waals surface area contributed by atoms with Crippen molar-refractivity contribution in [2.75, 3.05) is 5.32 Å². The van der Waals surface area contributed by atoms with Gasteiger partial charge in [-0.1, -0.05) is 44.0 Å². The van der Waals surface area contributed by atoms with Crippen LogP contribution in [-0.2, 0) is 5.41 Å². The Balaban J connectivity index is 2.43. The molecule has 0 saturated heterocycles. The lowest BCUT2D eigenvalue weighted by Gasteiger charge is -2.19. The molecule has 0 radical (unpaired) electrons. The van der Waals surface area contributed by atoms with Gasteiger partial charge >= 0.3 is 0 Å². The Morgan fingerprint density at radius 2 is 1.81 bits per heavy atom. The van der Waals surface area contributed by atoms with Gasteiger partial charge in [-0.3, -0.25) is 0 Å². The summed E-state index contributed by atoms with van der Waals surface area (Å²) in [6, 6.07) is 5.63. The van der Waals surface area contributed by atoms with Crippen LogP contribution in [0.2, 0.25) is 10.2 Å².